The number of carbonyl (C=O) groups is 2. The molecule has 3 heterocycles. The van der Waals surface area contributed by atoms with E-state index >= 15 is 0 Å². The smallest absolute Gasteiger partial charge is 0.248 e. The Morgan fingerprint density at radius 1 is 1.22 bits per heavy atom. The highest BCUT2D eigenvalue weighted by molar-refractivity contribution is 5.90. The number of nitrogens with one attached hydrogen (secondary N) is 1. The highest BCUT2D eigenvalue weighted by Gasteiger charge is 2.55. The SMILES string of the molecule is CN1CC2(CC2)C[C@H](C(=O)NO)[C@H]1C(=O)N1CCN(c2ccccn2)CC1. The molecular weight excluding hydrogens is 346 g/mol. The summed E-state index contributed by atoms with van der Waals surface area (Å²) in [5, 5.41) is 9.18. The van der Waals surface area contributed by atoms with Gasteiger partial charge in [0.05, 0.1) is 5.92 Å². The van der Waals surface area contributed by atoms with Crippen molar-refractivity contribution in [2.24, 2.45) is 11.3 Å². The van der Waals surface area contributed by atoms with E-state index in [0.717, 1.165) is 38.3 Å². The van der Waals surface area contributed by atoms with Gasteiger partial charge in [-0.15, -0.1) is 0 Å². The lowest BCUT2D eigenvalue weighted by molar-refractivity contribution is -0.150. The molecule has 1 aromatic heterocycles. The Balaban J connectivity index is 1.44. The molecule has 4 rings (SSSR count). The average Bonchev–Trinajstić information content (AvgIpc) is 3.45. The molecule has 27 heavy (non-hydrogen) atoms. The van der Waals surface area contributed by atoms with E-state index in [1.54, 1.807) is 11.7 Å². The number of nitrogens with zero attached hydrogens (tertiary/aromatic N) is 4. The van der Waals surface area contributed by atoms with E-state index in [9.17, 15) is 14.8 Å². The van der Waals surface area contributed by atoms with Crippen LogP contribution in [-0.2, 0) is 9.59 Å². The maximum absolute atomic E-state index is 13.3. The Hall–Kier alpha value is -2.19. The maximum atomic E-state index is 13.3. The van der Waals surface area contributed by atoms with Crippen molar-refractivity contribution < 1.29 is 14.8 Å². The predicted molar refractivity (Wildman–Crippen MR) is 99.2 cm³/mol. The molecule has 3 fully saturated rings. The largest absolute Gasteiger partial charge is 0.353 e. The number of hydrogen-bond acceptors (Lipinski definition) is 6. The Morgan fingerprint density at radius 3 is 2.56 bits per heavy atom. The van der Waals surface area contributed by atoms with Gasteiger partial charge in [-0.2, -0.15) is 0 Å². The minimum Gasteiger partial charge on any atom is -0.353 e. The van der Waals surface area contributed by atoms with Crippen molar-refractivity contribution in [3.8, 4) is 0 Å². The quantitative estimate of drug-likeness (QED) is 0.587. The number of piperazine rings is 1. The molecule has 0 bridgehead atoms. The molecule has 2 N–H and O–H groups in total. The molecule has 2 saturated heterocycles. The fourth-order valence-corrected chi connectivity index (χ4v) is 4.68. The van der Waals surface area contributed by atoms with E-state index < -0.39 is 17.9 Å². The predicted octanol–water partition coefficient (Wildman–Crippen LogP) is 0.336. The first-order valence-electron chi connectivity index (χ1n) is 9.62. The van der Waals surface area contributed by atoms with E-state index in [2.05, 4.69) is 9.88 Å². The molecule has 3 aliphatic rings. The van der Waals surface area contributed by atoms with Gasteiger partial charge in [-0.1, -0.05) is 6.07 Å². The lowest BCUT2D eigenvalue weighted by Gasteiger charge is -2.44. The number of carbonyl (C=O) groups excluding carboxylic acids is 2. The molecule has 1 aromatic rings. The highest BCUT2D eigenvalue weighted by atomic mass is 16.5. The van der Waals surface area contributed by atoms with Crippen LogP contribution in [-0.4, -0.2) is 77.6 Å². The Kier molecular flexibility index (Phi) is 4.77. The van der Waals surface area contributed by atoms with Crippen LogP contribution in [0.1, 0.15) is 19.3 Å². The fraction of sp³-hybridized carbons (Fsp3) is 0.632. The van der Waals surface area contributed by atoms with Crippen LogP contribution in [0.25, 0.3) is 0 Å². The summed E-state index contributed by atoms with van der Waals surface area (Å²) < 4.78 is 0. The summed E-state index contributed by atoms with van der Waals surface area (Å²) in [7, 11) is 1.92. The number of pyridine rings is 1. The summed E-state index contributed by atoms with van der Waals surface area (Å²) in [6, 6.07) is 5.32. The molecule has 2 atom stereocenters. The minimum atomic E-state index is -0.509. The second-order valence-corrected chi connectivity index (χ2v) is 8.15. The Bertz CT molecular complexity index is 701. The normalized spacial score (nSPS) is 27.5. The van der Waals surface area contributed by atoms with Gasteiger partial charge in [0.25, 0.3) is 0 Å². The van der Waals surface area contributed by atoms with Gasteiger partial charge < -0.3 is 9.80 Å². The molecule has 0 unspecified atom stereocenters. The topological polar surface area (TPSA) is 89.0 Å². The number of amides is 2. The summed E-state index contributed by atoms with van der Waals surface area (Å²) in [5.74, 6) is -0.0364. The molecule has 8 nitrogen and oxygen atoms in total. The van der Waals surface area contributed by atoms with Crippen LogP contribution >= 0.6 is 0 Å². The van der Waals surface area contributed by atoms with E-state index in [1.807, 2.05) is 35.0 Å². The third-order valence-electron chi connectivity index (χ3n) is 6.32. The van der Waals surface area contributed by atoms with Gasteiger partial charge in [-0.25, -0.2) is 10.5 Å². The zero-order chi connectivity index (χ0) is 19.0. The lowest BCUT2D eigenvalue weighted by Crippen LogP contribution is -2.61. The van der Waals surface area contributed by atoms with Crippen molar-refractivity contribution in [2.45, 2.75) is 25.3 Å². The lowest BCUT2D eigenvalue weighted by atomic mass is 9.80. The Morgan fingerprint density at radius 2 is 1.96 bits per heavy atom. The average molecular weight is 373 g/mol. The first-order chi connectivity index (χ1) is 13.0. The molecule has 0 radical (unpaired) electrons. The molecular formula is C19H27N5O3. The van der Waals surface area contributed by atoms with E-state index in [-0.39, 0.29) is 11.3 Å². The van der Waals surface area contributed by atoms with E-state index in [0.29, 0.717) is 19.5 Å². The van der Waals surface area contributed by atoms with Gasteiger partial charge in [0.1, 0.15) is 11.9 Å². The number of likely N-dealkylation sites (tertiary alicyclic amines) is 1. The summed E-state index contributed by atoms with van der Waals surface area (Å²) in [5.41, 5.74) is 1.94. The monoisotopic (exact) mass is 373 g/mol. The van der Waals surface area contributed by atoms with Crippen LogP contribution < -0.4 is 10.4 Å². The van der Waals surface area contributed by atoms with Gasteiger partial charge in [-0.3, -0.25) is 19.7 Å². The molecule has 1 spiro atoms. The summed E-state index contributed by atoms with van der Waals surface area (Å²) in [4.78, 5) is 36.0. The fourth-order valence-electron chi connectivity index (χ4n) is 4.68. The second-order valence-electron chi connectivity index (χ2n) is 8.15. The maximum Gasteiger partial charge on any atom is 0.248 e. The van der Waals surface area contributed by atoms with E-state index in [1.165, 1.54) is 0 Å². The van der Waals surface area contributed by atoms with E-state index in [4.69, 9.17) is 0 Å². The minimum absolute atomic E-state index is 0.0118. The number of aromatic nitrogens is 1. The van der Waals surface area contributed by atoms with Crippen LogP contribution in [0.3, 0.4) is 0 Å². The van der Waals surface area contributed by atoms with Crippen LogP contribution in [0.4, 0.5) is 5.82 Å². The van der Waals surface area contributed by atoms with Crippen LogP contribution in [0.2, 0.25) is 0 Å². The number of piperidine rings is 1. The number of anilines is 1. The summed E-state index contributed by atoms with van der Waals surface area (Å²) >= 11 is 0. The number of rotatable bonds is 3. The first-order valence-corrected chi connectivity index (χ1v) is 9.62. The van der Waals surface area contributed by atoms with Gasteiger partial charge in [0, 0.05) is 38.9 Å². The molecule has 0 aromatic carbocycles. The van der Waals surface area contributed by atoms with Crippen molar-refractivity contribution in [1.82, 2.24) is 20.3 Å². The third-order valence-corrected chi connectivity index (χ3v) is 6.32. The summed E-state index contributed by atoms with van der Waals surface area (Å²) in [6.45, 7) is 3.50. The molecule has 1 aliphatic carbocycles. The van der Waals surface area contributed by atoms with Crippen LogP contribution in [0.15, 0.2) is 24.4 Å². The second kappa shape index (κ2) is 7.09. The number of hydroxylamine groups is 1. The van der Waals surface area contributed by atoms with Crippen molar-refractivity contribution in [3.63, 3.8) is 0 Å². The van der Waals surface area contributed by atoms with Gasteiger partial charge >= 0.3 is 0 Å². The van der Waals surface area contributed by atoms with Crippen molar-refractivity contribution >= 4 is 17.6 Å². The number of likely N-dealkylation sites (N-methyl/N-ethyl adjacent to an activating group) is 1. The van der Waals surface area contributed by atoms with Crippen molar-refractivity contribution in [3.05, 3.63) is 24.4 Å². The molecule has 2 aliphatic heterocycles. The molecule has 146 valence electrons. The molecule has 1 saturated carbocycles. The first kappa shape index (κ1) is 18.2. The highest BCUT2D eigenvalue weighted by Crippen LogP contribution is 2.54. The standard InChI is InChI=1S/C19H27N5O3/c1-22-13-19(5-6-19)12-14(17(25)21-27)16(22)18(26)24-10-8-23(9-11-24)15-4-2-3-7-20-15/h2-4,7,14,16,27H,5-6,8-13H2,1H3,(H,21,25)/t14-,16-/m0/s1. The molecule has 2 amide bonds. The van der Waals surface area contributed by atoms with Crippen LogP contribution in [0, 0.1) is 11.3 Å². The van der Waals surface area contributed by atoms with Gasteiger partial charge in [0.2, 0.25) is 11.8 Å². The van der Waals surface area contributed by atoms with Crippen molar-refractivity contribution in [1.29, 1.82) is 0 Å². The van der Waals surface area contributed by atoms with Crippen molar-refractivity contribution in [2.75, 3.05) is 44.7 Å². The van der Waals surface area contributed by atoms with Crippen LogP contribution in [0.5, 0.6) is 0 Å². The third kappa shape index (κ3) is 3.51. The van der Waals surface area contributed by atoms with Gasteiger partial charge in [-0.05, 0) is 43.9 Å². The zero-order valence-corrected chi connectivity index (χ0v) is 15.7. The zero-order valence-electron chi connectivity index (χ0n) is 15.7. The summed E-state index contributed by atoms with van der Waals surface area (Å²) in [6.07, 6.45) is 4.64. The Labute approximate surface area is 159 Å². The molecule has 8 heteroatoms. The van der Waals surface area contributed by atoms with Gasteiger partial charge in [0.15, 0.2) is 0 Å². The number of hydrogen-bond donors (Lipinski definition) is 2.